The molecule has 3 aromatic rings. The minimum absolute atomic E-state index is 0.386. The fourth-order valence-corrected chi connectivity index (χ4v) is 3.22. The Morgan fingerprint density at radius 1 is 1.48 bits per heavy atom. The van der Waals surface area contributed by atoms with E-state index in [-0.39, 0.29) is 0 Å². The summed E-state index contributed by atoms with van der Waals surface area (Å²) in [6, 6.07) is 3.95. The number of hydrogen-bond donors (Lipinski definition) is 1. The van der Waals surface area contributed by atoms with E-state index in [4.69, 9.17) is 10.2 Å². The molecule has 2 N–H and O–H groups in total. The van der Waals surface area contributed by atoms with Crippen LogP contribution in [0.1, 0.15) is 5.69 Å². The van der Waals surface area contributed by atoms with E-state index < -0.39 is 0 Å². The normalized spacial score (nSPS) is 10.9. The maximum absolute atomic E-state index is 5.76. The Balaban J connectivity index is 1.69. The van der Waals surface area contributed by atoms with Crippen molar-refractivity contribution < 1.29 is 4.42 Å². The van der Waals surface area contributed by atoms with Gasteiger partial charge in [-0.2, -0.15) is 0 Å². The third kappa shape index (κ3) is 3.01. The Labute approximate surface area is 129 Å². The summed E-state index contributed by atoms with van der Waals surface area (Å²) in [5, 5.41) is 10.7. The lowest BCUT2D eigenvalue weighted by Crippen LogP contribution is -2.03. The lowest BCUT2D eigenvalue weighted by Gasteiger charge is -2.03. The van der Waals surface area contributed by atoms with Gasteiger partial charge in [-0.1, -0.05) is 23.9 Å². The van der Waals surface area contributed by atoms with E-state index in [1.807, 2.05) is 17.5 Å². The topological polar surface area (TPSA) is 82.8 Å². The summed E-state index contributed by atoms with van der Waals surface area (Å²) < 4.78 is 7.29. The molecule has 3 rings (SSSR count). The van der Waals surface area contributed by atoms with Crippen LogP contribution in [0.25, 0.3) is 10.8 Å². The highest BCUT2D eigenvalue weighted by molar-refractivity contribution is 7.98. The van der Waals surface area contributed by atoms with E-state index in [2.05, 4.69) is 21.8 Å². The van der Waals surface area contributed by atoms with Crippen molar-refractivity contribution in [1.29, 1.82) is 0 Å². The monoisotopic (exact) mass is 319 g/mol. The molecule has 0 amide bonds. The molecular weight excluding hydrogens is 306 g/mol. The third-order valence-electron chi connectivity index (χ3n) is 2.69. The van der Waals surface area contributed by atoms with Gasteiger partial charge >= 0.3 is 0 Å². The van der Waals surface area contributed by atoms with Crippen LogP contribution in [0.3, 0.4) is 0 Å². The highest BCUT2D eigenvalue weighted by Crippen LogP contribution is 2.27. The Bertz CT molecular complexity index is 732. The van der Waals surface area contributed by atoms with Gasteiger partial charge in [0.05, 0.1) is 10.6 Å². The summed E-state index contributed by atoms with van der Waals surface area (Å²) in [6.45, 7) is 4.28. The Hall–Kier alpha value is -2.06. The maximum atomic E-state index is 5.76. The first-order valence-electron chi connectivity index (χ1n) is 6.18. The minimum atomic E-state index is 0.386. The van der Waals surface area contributed by atoms with Gasteiger partial charge < -0.3 is 10.2 Å². The molecule has 0 aromatic carbocycles. The number of thioether (sulfide) groups is 1. The maximum Gasteiger partial charge on any atom is 0.236 e. The van der Waals surface area contributed by atoms with E-state index in [0.29, 0.717) is 24.1 Å². The van der Waals surface area contributed by atoms with Crippen molar-refractivity contribution in [2.45, 2.75) is 17.5 Å². The summed E-state index contributed by atoms with van der Waals surface area (Å²) in [5.41, 5.74) is 6.62. The van der Waals surface area contributed by atoms with Gasteiger partial charge in [0.1, 0.15) is 6.26 Å². The zero-order valence-electron chi connectivity index (χ0n) is 11.1. The highest BCUT2D eigenvalue weighted by atomic mass is 32.2. The number of oxazole rings is 1. The predicted molar refractivity (Wildman–Crippen MR) is 84.0 cm³/mol. The van der Waals surface area contributed by atoms with Crippen LogP contribution < -0.4 is 5.73 Å². The molecule has 108 valence electrons. The summed E-state index contributed by atoms with van der Waals surface area (Å²) in [6.07, 6.45) is 3.42. The molecule has 0 fully saturated rings. The van der Waals surface area contributed by atoms with Gasteiger partial charge in [-0.05, 0) is 11.4 Å². The molecule has 6 nitrogen and oxygen atoms in total. The summed E-state index contributed by atoms with van der Waals surface area (Å²) in [4.78, 5) is 5.48. The number of nitrogen functional groups attached to an aromatic ring is 1. The molecule has 0 unspecified atom stereocenters. The van der Waals surface area contributed by atoms with Crippen molar-refractivity contribution in [3.05, 3.63) is 42.1 Å². The van der Waals surface area contributed by atoms with Crippen molar-refractivity contribution in [1.82, 2.24) is 19.7 Å². The predicted octanol–water partition coefficient (Wildman–Crippen LogP) is 3.06. The summed E-state index contributed by atoms with van der Waals surface area (Å²) >= 11 is 3.11. The first-order valence-corrected chi connectivity index (χ1v) is 8.05. The van der Waals surface area contributed by atoms with E-state index in [1.54, 1.807) is 28.2 Å². The van der Waals surface area contributed by atoms with Crippen LogP contribution in [0.2, 0.25) is 0 Å². The van der Waals surface area contributed by atoms with Gasteiger partial charge in [0.25, 0.3) is 0 Å². The standard InChI is InChI=1S/C13H13N5OS2/c1-2-5-18-12(14)16-17-13(18)21-8-9-7-19-11(15-9)10-4-3-6-20-10/h2-4,6-7H,1,5,8H2,(H2,14,16). The average molecular weight is 319 g/mol. The molecule has 3 aromatic heterocycles. The van der Waals surface area contributed by atoms with Crippen LogP contribution in [-0.2, 0) is 12.3 Å². The second-order valence-electron chi connectivity index (χ2n) is 4.15. The highest BCUT2D eigenvalue weighted by Gasteiger charge is 2.12. The Morgan fingerprint density at radius 2 is 2.38 bits per heavy atom. The SMILES string of the molecule is C=CCn1c(N)nnc1SCc1coc(-c2cccs2)n1. The molecular formula is C13H13N5OS2. The molecule has 0 bridgehead atoms. The van der Waals surface area contributed by atoms with Gasteiger partial charge in [-0.3, -0.25) is 4.57 Å². The number of thiophene rings is 1. The van der Waals surface area contributed by atoms with E-state index in [9.17, 15) is 0 Å². The lowest BCUT2D eigenvalue weighted by molar-refractivity contribution is 0.575. The summed E-state index contributed by atoms with van der Waals surface area (Å²) in [7, 11) is 0. The van der Waals surface area contributed by atoms with Crippen LogP contribution in [0, 0.1) is 0 Å². The molecule has 0 aliphatic heterocycles. The molecule has 0 saturated carbocycles. The van der Waals surface area contributed by atoms with Gasteiger partial charge in [-0.25, -0.2) is 4.98 Å². The molecule has 0 aliphatic rings. The molecule has 21 heavy (non-hydrogen) atoms. The third-order valence-corrected chi connectivity index (χ3v) is 4.55. The van der Waals surface area contributed by atoms with E-state index in [0.717, 1.165) is 15.7 Å². The first-order chi connectivity index (χ1) is 10.3. The minimum Gasteiger partial charge on any atom is -0.444 e. The van der Waals surface area contributed by atoms with Crippen LogP contribution in [0.15, 0.2) is 46.0 Å². The quantitative estimate of drug-likeness (QED) is 0.555. The number of anilines is 1. The van der Waals surface area contributed by atoms with Crippen LogP contribution >= 0.6 is 23.1 Å². The molecule has 0 aliphatic carbocycles. The second kappa shape index (κ2) is 6.15. The number of aromatic nitrogens is 4. The van der Waals surface area contributed by atoms with Crippen molar-refractivity contribution in [2.24, 2.45) is 0 Å². The smallest absolute Gasteiger partial charge is 0.236 e. The fraction of sp³-hybridized carbons (Fsp3) is 0.154. The Morgan fingerprint density at radius 3 is 3.14 bits per heavy atom. The van der Waals surface area contributed by atoms with Gasteiger partial charge in [0.2, 0.25) is 11.8 Å². The number of nitrogens with two attached hydrogens (primary N) is 1. The van der Waals surface area contributed by atoms with Gasteiger partial charge in [-0.15, -0.1) is 28.1 Å². The average Bonchev–Trinajstić information content (AvgIpc) is 3.19. The number of nitrogens with zero attached hydrogens (tertiary/aromatic N) is 4. The van der Waals surface area contributed by atoms with Crippen molar-refractivity contribution in [2.75, 3.05) is 5.73 Å². The van der Waals surface area contributed by atoms with Gasteiger partial charge in [0, 0.05) is 12.3 Å². The number of allylic oxidation sites excluding steroid dienone is 1. The molecule has 3 heterocycles. The summed E-state index contributed by atoms with van der Waals surface area (Å²) in [5.74, 6) is 1.67. The van der Waals surface area contributed by atoms with Crippen LogP contribution in [-0.4, -0.2) is 19.7 Å². The van der Waals surface area contributed by atoms with Crippen molar-refractivity contribution >= 4 is 29.0 Å². The van der Waals surface area contributed by atoms with Crippen molar-refractivity contribution in [3.8, 4) is 10.8 Å². The van der Waals surface area contributed by atoms with Crippen molar-refractivity contribution in [3.63, 3.8) is 0 Å². The number of hydrogen-bond acceptors (Lipinski definition) is 7. The van der Waals surface area contributed by atoms with Gasteiger partial charge in [0.15, 0.2) is 5.16 Å². The van der Waals surface area contributed by atoms with E-state index >= 15 is 0 Å². The zero-order valence-corrected chi connectivity index (χ0v) is 12.7. The molecule has 0 atom stereocenters. The van der Waals surface area contributed by atoms with E-state index in [1.165, 1.54) is 11.8 Å². The Kier molecular flexibility index (Phi) is 4.07. The lowest BCUT2D eigenvalue weighted by atomic mass is 10.5. The molecule has 0 saturated heterocycles. The zero-order chi connectivity index (χ0) is 14.7. The number of rotatable bonds is 6. The van der Waals surface area contributed by atoms with Crippen LogP contribution in [0.5, 0.6) is 0 Å². The molecule has 0 radical (unpaired) electrons. The first kappa shape index (κ1) is 13.9. The largest absolute Gasteiger partial charge is 0.444 e. The van der Waals surface area contributed by atoms with Crippen LogP contribution in [0.4, 0.5) is 5.95 Å². The second-order valence-corrected chi connectivity index (χ2v) is 6.04. The molecule has 8 heteroatoms. The molecule has 0 spiro atoms. The fourth-order valence-electron chi connectivity index (χ4n) is 1.73.